The zero-order chi connectivity index (χ0) is 19.1. The molecule has 1 N–H and O–H groups in total. The van der Waals surface area contributed by atoms with Crippen LogP contribution in [0, 0.1) is 5.92 Å². The zero-order valence-electron chi connectivity index (χ0n) is 17.1. The average molecular weight is 359 g/mol. The normalized spacial score (nSPS) is 20.9. The van der Waals surface area contributed by atoms with Gasteiger partial charge < -0.3 is 10.2 Å². The minimum Gasteiger partial charge on any atom is -0.390 e. The number of anilines is 1. The molecule has 0 saturated heterocycles. The second-order valence-electron chi connectivity index (χ2n) is 7.61. The second-order valence-corrected chi connectivity index (χ2v) is 7.61. The lowest BCUT2D eigenvalue weighted by atomic mass is 9.90. The van der Waals surface area contributed by atoms with Crippen LogP contribution in [0.4, 0.5) is 10.1 Å². The standard InChI is InChI=1S/C23H35FN2/c1-6-8-9-12-25-16-21(13-17(3)7-2)19-10-11-22-20(15-19)14-18(4)23(24)26(22)5/h10-11,13,15-16,18,23,25H,6-9,12,14H2,1-5H3/b17-13+,21-16+/t18?,23-/m1/s1. The first-order valence-electron chi connectivity index (χ1n) is 10.1. The molecule has 1 aliphatic rings. The van der Waals surface area contributed by atoms with Crippen molar-refractivity contribution in [2.24, 2.45) is 5.92 Å². The summed E-state index contributed by atoms with van der Waals surface area (Å²) < 4.78 is 14.3. The molecule has 0 fully saturated rings. The van der Waals surface area contributed by atoms with Crippen LogP contribution in [-0.4, -0.2) is 19.9 Å². The second kappa shape index (κ2) is 9.80. The smallest absolute Gasteiger partial charge is 0.175 e. The van der Waals surface area contributed by atoms with E-state index in [1.807, 2.05) is 14.0 Å². The van der Waals surface area contributed by atoms with Crippen LogP contribution < -0.4 is 10.2 Å². The van der Waals surface area contributed by atoms with Gasteiger partial charge in [-0.15, -0.1) is 0 Å². The highest BCUT2D eigenvalue weighted by atomic mass is 19.1. The van der Waals surface area contributed by atoms with E-state index in [1.165, 1.54) is 41.5 Å². The number of rotatable bonds is 8. The van der Waals surface area contributed by atoms with Gasteiger partial charge in [-0.1, -0.05) is 51.3 Å². The van der Waals surface area contributed by atoms with Crippen LogP contribution in [0.2, 0.25) is 0 Å². The van der Waals surface area contributed by atoms with Gasteiger partial charge in [-0.3, -0.25) is 0 Å². The molecule has 3 heteroatoms. The molecule has 0 aliphatic carbocycles. The van der Waals surface area contributed by atoms with Gasteiger partial charge in [-0.25, -0.2) is 4.39 Å². The van der Waals surface area contributed by atoms with Gasteiger partial charge in [0.05, 0.1) is 0 Å². The van der Waals surface area contributed by atoms with Crippen molar-refractivity contribution in [2.45, 2.75) is 66.1 Å². The Labute approximate surface area is 159 Å². The minimum atomic E-state index is -0.897. The molecule has 1 unspecified atom stereocenters. The number of hydrogen-bond donors (Lipinski definition) is 1. The molecule has 0 bridgehead atoms. The van der Waals surface area contributed by atoms with Gasteiger partial charge in [0, 0.05) is 31.4 Å². The van der Waals surface area contributed by atoms with Crippen molar-refractivity contribution >= 4 is 11.3 Å². The summed E-state index contributed by atoms with van der Waals surface area (Å²) in [6.07, 6.45) is 9.04. The third-order valence-electron chi connectivity index (χ3n) is 5.32. The number of nitrogens with zero attached hydrogens (tertiary/aromatic N) is 1. The summed E-state index contributed by atoms with van der Waals surface area (Å²) in [5, 5.41) is 3.48. The number of nitrogens with one attached hydrogen (secondary N) is 1. The van der Waals surface area contributed by atoms with Crippen LogP contribution in [0.15, 0.2) is 36.0 Å². The Bertz CT molecular complexity index is 648. The molecule has 2 atom stereocenters. The fraction of sp³-hybridized carbons (Fsp3) is 0.565. The van der Waals surface area contributed by atoms with E-state index < -0.39 is 6.30 Å². The number of alkyl halides is 1. The van der Waals surface area contributed by atoms with Crippen LogP contribution >= 0.6 is 0 Å². The molecule has 26 heavy (non-hydrogen) atoms. The lowest BCUT2D eigenvalue weighted by molar-refractivity contribution is 0.228. The number of halogens is 1. The summed E-state index contributed by atoms with van der Waals surface area (Å²) in [5.74, 6) is 0.0234. The number of benzene rings is 1. The van der Waals surface area contributed by atoms with Gasteiger partial charge in [0.1, 0.15) is 0 Å². The monoisotopic (exact) mass is 358 g/mol. The Balaban J connectivity index is 2.27. The highest BCUT2D eigenvalue weighted by Crippen LogP contribution is 2.35. The summed E-state index contributed by atoms with van der Waals surface area (Å²) in [6.45, 7) is 9.58. The molecule has 1 aromatic carbocycles. The van der Waals surface area contributed by atoms with E-state index in [0.29, 0.717) is 0 Å². The topological polar surface area (TPSA) is 15.3 Å². The molecule has 0 aromatic heterocycles. The zero-order valence-corrected chi connectivity index (χ0v) is 17.1. The van der Waals surface area contributed by atoms with Crippen LogP contribution in [0.5, 0.6) is 0 Å². The molecular formula is C23H35FN2. The average Bonchev–Trinajstić information content (AvgIpc) is 2.64. The summed E-state index contributed by atoms with van der Waals surface area (Å²) in [5.41, 5.74) is 6.04. The molecule has 0 spiro atoms. The lowest BCUT2D eigenvalue weighted by Gasteiger charge is -2.35. The predicted octanol–water partition coefficient (Wildman–Crippen LogP) is 6.09. The van der Waals surface area contributed by atoms with Crippen LogP contribution in [0.1, 0.15) is 64.5 Å². The van der Waals surface area contributed by atoms with E-state index in [4.69, 9.17) is 0 Å². The van der Waals surface area contributed by atoms with Gasteiger partial charge in [-0.2, -0.15) is 0 Å². The molecule has 144 valence electrons. The van der Waals surface area contributed by atoms with Crippen LogP contribution in [0.3, 0.4) is 0 Å². The third kappa shape index (κ3) is 5.12. The van der Waals surface area contributed by atoms with E-state index in [2.05, 4.69) is 56.6 Å². The number of fused-ring (bicyclic) bond motifs is 1. The Morgan fingerprint density at radius 3 is 2.77 bits per heavy atom. The third-order valence-corrected chi connectivity index (χ3v) is 5.32. The van der Waals surface area contributed by atoms with E-state index in [-0.39, 0.29) is 5.92 Å². The number of hydrogen-bond acceptors (Lipinski definition) is 2. The molecule has 1 heterocycles. The summed E-state index contributed by atoms with van der Waals surface area (Å²) in [7, 11) is 1.85. The highest BCUT2D eigenvalue weighted by molar-refractivity contribution is 5.76. The fourth-order valence-corrected chi connectivity index (χ4v) is 3.47. The predicted molar refractivity (Wildman–Crippen MR) is 112 cm³/mol. The number of unbranched alkanes of at least 4 members (excludes halogenated alkanes) is 2. The first-order valence-corrected chi connectivity index (χ1v) is 10.1. The van der Waals surface area contributed by atoms with E-state index in [9.17, 15) is 4.39 Å². The van der Waals surface area contributed by atoms with Crippen molar-refractivity contribution in [1.29, 1.82) is 0 Å². The van der Waals surface area contributed by atoms with Crippen molar-refractivity contribution in [1.82, 2.24) is 5.32 Å². The maximum atomic E-state index is 14.3. The quantitative estimate of drug-likeness (QED) is 0.344. The summed E-state index contributed by atoms with van der Waals surface area (Å²) >= 11 is 0. The minimum absolute atomic E-state index is 0.0234. The van der Waals surface area contributed by atoms with E-state index >= 15 is 0 Å². The fourth-order valence-electron chi connectivity index (χ4n) is 3.47. The molecule has 1 aromatic rings. The van der Waals surface area contributed by atoms with E-state index in [1.54, 1.807) is 4.90 Å². The highest BCUT2D eigenvalue weighted by Gasteiger charge is 2.29. The Morgan fingerprint density at radius 2 is 2.08 bits per heavy atom. The number of allylic oxidation sites excluding steroid dienone is 3. The maximum absolute atomic E-state index is 14.3. The first-order chi connectivity index (χ1) is 12.5. The summed E-state index contributed by atoms with van der Waals surface area (Å²) in [4.78, 5) is 1.77. The molecule has 1 aliphatic heterocycles. The van der Waals surface area contributed by atoms with Gasteiger partial charge in [0.2, 0.25) is 0 Å². The molecular weight excluding hydrogens is 323 g/mol. The Morgan fingerprint density at radius 1 is 1.31 bits per heavy atom. The molecule has 2 rings (SSSR count). The van der Waals surface area contributed by atoms with Crippen molar-refractivity contribution in [2.75, 3.05) is 18.5 Å². The Kier molecular flexibility index (Phi) is 7.74. The molecule has 0 saturated carbocycles. The van der Waals surface area contributed by atoms with Crippen molar-refractivity contribution < 1.29 is 4.39 Å². The maximum Gasteiger partial charge on any atom is 0.175 e. The van der Waals surface area contributed by atoms with Gasteiger partial charge in [0.25, 0.3) is 0 Å². The van der Waals surface area contributed by atoms with Crippen molar-refractivity contribution in [3.05, 3.63) is 47.2 Å². The van der Waals surface area contributed by atoms with Crippen molar-refractivity contribution in [3.63, 3.8) is 0 Å². The van der Waals surface area contributed by atoms with E-state index in [0.717, 1.165) is 25.1 Å². The first kappa shape index (κ1) is 20.5. The molecule has 0 amide bonds. The SMILES string of the molecule is CCCCCN/C=C(\C=C(/C)CC)c1ccc2c(c1)CC(C)[C@H](F)N2C. The van der Waals surface area contributed by atoms with Crippen LogP contribution in [0.25, 0.3) is 5.57 Å². The largest absolute Gasteiger partial charge is 0.390 e. The Hall–Kier alpha value is -1.77. The summed E-state index contributed by atoms with van der Waals surface area (Å²) in [6, 6.07) is 6.44. The van der Waals surface area contributed by atoms with Crippen LogP contribution in [-0.2, 0) is 6.42 Å². The lowest BCUT2D eigenvalue weighted by Crippen LogP contribution is -2.38. The van der Waals surface area contributed by atoms with Gasteiger partial charge in [0.15, 0.2) is 6.30 Å². The molecule has 2 nitrogen and oxygen atoms in total. The molecule has 0 radical (unpaired) electrons. The van der Waals surface area contributed by atoms with Gasteiger partial charge in [-0.05, 0) is 55.0 Å². The van der Waals surface area contributed by atoms with Crippen molar-refractivity contribution in [3.8, 4) is 0 Å². The van der Waals surface area contributed by atoms with Gasteiger partial charge >= 0.3 is 0 Å².